The normalized spacial score (nSPS) is 14.4. The molecule has 196 valence electrons. The minimum absolute atomic E-state index is 0.0292. The van der Waals surface area contributed by atoms with Crippen LogP contribution in [0.5, 0.6) is 0 Å². The highest BCUT2D eigenvalue weighted by Crippen LogP contribution is 2.07. The Bertz CT molecular complexity index is 703. The number of nitrogens with two attached hydrogens (primary N) is 3. The summed E-state index contributed by atoms with van der Waals surface area (Å²) in [6.45, 7) is 3.12. The van der Waals surface area contributed by atoms with Gasteiger partial charge in [-0.2, -0.15) is 11.8 Å². The maximum Gasteiger partial charge on any atom is 0.326 e. The topological polar surface area (TPSA) is 235 Å². The molecule has 0 saturated heterocycles. The molecule has 0 aromatic heterocycles. The fourth-order valence-corrected chi connectivity index (χ4v) is 3.35. The molecule has 0 aliphatic heterocycles. The molecule has 14 heteroatoms. The van der Waals surface area contributed by atoms with Crippen LogP contribution >= 0.6 is 11.8 Å². The molecule has 0 spiro atoms. The fourth-order valence-electron chi connectivity index (χ4n) is 2.86. The average molecular weight is 506 g/mol. The lowest BCUT2D eigenvalue weighted by Gasteiger charge is -2.25. The summed E-state index contributed by atoms with van der Waals surface area (Å²) in [5.41, 5.74) is 16.3. The largest absolute Gasteiger partial charge is 0.480 e. The van der Waals surface area contributed by atoms with Gasteiger partial charge in [0.1, 0.15) is 18.1 Å². The van der Waals surface area contributed by atoms with Crippen LogP contribution in [0, 0.1) is 5.92 Å². The first-order valence-corrected chi connectivity index (χ1v) is 12.4. The van der Waals surface area contributed by atoms with E-state index in [1.807, 2.05) is 20.1 Å². The Kier molecular flexibility index (Phi) is 15.7. The van der Waals surface area contributed by atoms with Gasteiger partial charge in [-0.1, -0.05) is 13.8 Å². The van der Waals surface area contributed by atoms with Crippen LogP contribution in [-0.4, -0.2) is 89.2 Å². The van der Waals surface area contributed by atoms with Crippen LogP contribution in [0.15, 0.2) is 4.99 Å². The molecule has 0 bridgehead atoms. The van der Waals surface area contributed by atoms with E-state index in [2.05, 4.69) is 20.9 Å². The molecule has 13 nitrogen and oxygen atoms in total. The van der Waals surface area contributed by atoms with Crippen molar-refractivity contribution in [3.63, 3.8) is 0 Å². The Morgan fingerprint density at radius 3 is 2.00 bits per heavy atom. The van der Waals surface area contributed by atoms with E-state index in [9.17, 15) is 29.4 Å². The first kappa shape index (κ1) is 31.4. The van der Waals surface area contributed by atoms with Crippen molar-refractivity contribution in [2.24, 2.45) is 28.1 Å². The first-order valence-electron chi connectivity index (χ1n) is 11.0. The molecule has 0 aromatic carbocycles. The lowest BCUT2D eigenvalue weighted by molar-refractivity contribution is -0.142. The highest BCUT2D eigenvalue weighted by molar-refractivity contribution is 7.98. The number of thioether (sulfide) groups is 1. The number of carbonyl (C=O) groups is 4. The second-order valence-electron chi connectivity index (χ2n) is 8.17. The van der Waals surface area contributed by atoms with Crippen LogP contribution in [0.3, 0.4) is 0 Å². The molecule has 4 atom stereocenters. The van der Waals surface area contributed by atoms with Crippen molar-refractivity contribution >= 4 is 41.4 Å². The van der Waals surface area contributed by atoms with E-state index in [4.69, 9.17) is 17.2 Å². The van der Waals surface area contributed by atoms with Crippen LogP contribution in [0.2, 0.25) is 0 Å². The molecule has 4 unspecified atom stereocenters. The molecule has 0 aliphatic carbocycles. The molecule has 0 rings (SSSR count). The number of aliphatic hydroxyl groups is 1. The summed E-state index contributed by atoms with van der Waals surface area (Å²) in [4.78, 5) is 52.9. The number of carboxylic acids is 1. The van der Waals surface area contributed by atoms with Gasteiger partial charge in [0.25, 0.3) is 0 Å². The zero-order valence-corrected chi connectivity index (χ0v) is 20.8. The number of rotatable bonds is 17. The SMILES string of the molecule is CSCCC(N)C(=O)NC(CC(C)C)C(=O)NC(CO)C(=O)NC(CCCN=C(N)N)C(=O)O. The van der Waals surface area contributed by atoms with Crippen molar-refractivity contribution in [3.05, 3.63) is 0 Å². The second-order valence-corrected chi connectivity index (χ2v) is 9.16. The van der Waals surface area contributed by atoms with Gasteiger partial charge in [0.05, 0.1) is 12.6 Å². The third-order valence-electron chi connectivity index (χ3n) is 4.69. The van der Waals surface area contributed by atoms with E-state index in [1.54, 1.807) is 11.8 Å². The van der Waals surface area contributed by atoms with Gasteiger partial charge in [-0.3, -0.25) is 19.4 Å². The highest BCUT2D eigenvalue weighted by Gasteiger charge is 2.30. The smallest absolute Gasteiger partial charge is 0.326 e. The van der Waals surface area contributed by atoms with E-state index >= 15 is 0 Å². The van der Waals surface area contributed by atoms with Crippen molar-refractivity contribution in [1.82, 2.24) is 16.0 Å². The van der Waals surface area contributed by atoms with Gasteiger partial charge < -0.3 is 43.4 Å². The number of carbonyl (C=O) groups excluding carboxylic acids is 3. The predicted molar refractivity (Wildman–Crippen MR) is 131 cm³/mol. The van der Waals surface area contributed by atoms with Crippen LogP contribution in [0.25, 0.3) is 0 Å². The van der Waals surface area contributed by atoms with Gasteiger partial charge >= 0.3 is 5.97 Å². The van der Waals surface area contributed by atoms with Crippen LogP contribution in [-0.2, 0) is 19.2 Å². The molecule has 0 aromatic rings. The van der Waals surface area contributed by atoms with Crippen molar-refractivity contribution in [1.29, 1.82) is 0 Å². The molecule has 0 saturated carbocycles. The van der Waals surface area contributed by atoms with Gasteiger partial charge in [-0.05, 0) is 43.6 Å². The standard InChI is InChI=1S/C20H39N7O6S/c1-11(2)9-14(26-16(29)12(21)6-8-34-3)17(30)27-15(10-28)18(31)25-13(19(32)33)5-4-7-24-20(22)23/h11-15,28H,4-10,21H2,1-3H3,(H,25,31)(H,26,29)(H,27,30)(H,32,33)(H4,22,23,24). The van der Waals surface area contributed by atoms with Crippen LogP contribution in [0.4, 0.5) is 0 Å². The minimum atomic E-state index is -1.41. The maximum atomic E-state index is 12.8. The molecule has 3 amide bonds. The Morgan fingerprint density at radius 1 is 0.941 bits per heavy atom. The van der Waals surface area contributed by atoms with Crippen molar-refractivity contribution in [2.75, 3.05) is 25.2 Å². The molecule has 0 aliphatic rings. The third kappa shape index (κ3) is 13.2. The zero-order chi connectivity index (χ0) is 26.3. The summed E-state index contributed by atoms with van der Waals surface area (Å²) < 4.78 is 0. The lowest BCUT2D eigenvalue weighted by Crippen LogP contribution is -2.58. The summed E-state index contributed by atoms with van der Waals surface area (Å²) in [5, 5.41) is 26.2. The van der Waals surface area contributed by atoms with Gasteiger partial charge in [-0.25, -0.2) is 4.79 Å². The average Bonchev–Trinajstić information content (AvgIpc) is 2.76. The molecule has 0 heterocycles. The second kappa shape index (κ2) is 16.9. The Morgan fingerprint density at radius 2 is 1.50 bits per heavy atom. The molecular formula is C20H39N7O6S. The molecule has 34 heavy (non-hydrogen) atoms. The molecular weight excluding hydrogens is 466 g/mol. The summed E-state index contributed by atoms with van der Waals surface area (Å²) in [6, 6.07) is -4.45. The zero-order valence-electron chi connectivity index (χ0n) is 20.0. The predicted octanol–water partition coefficient (Wildman–Crippen LogP) is -2.30. The summed E-state index contributed by atoms with van der Waals surface area (Å²) in [7, 11) is 0. The fraction of sp³-hybridized carbons (Fsp3) is 0.750. The number of carboxylic acid groups (broad SMARTS) is 1. The van der Waals surface area contributed by atoms with Gasteiger partial charge in [0, 0.05) is 6.54 Å². The van der Waals surface area contributed by atoms with Gasteiger partial charge in [-0.15, -0.1) is 0 Å². The van der Waals surface area contributed by atoms with E-state index < -0.39 is 54.5 Å². The number of aliphatic imine (C=N–C) groups is 1. The number of aliphatic hydroxyl groups excluding tert-OH is 1. The maximum absolute atomic E-state index is 12.8. The summed E-state index contributed by atoms with van der Waals surface area (Å²) in [6.07, 6.45) is 2.91. The number of aliphatic carboxylic acids is 1. The highest BCUT2D eigenvalue weighted by atomic mass is 32.2. The van der Waals surface area contributed by atoms with Crippen molar-refractivity contribution < 1.29 is 29.4 Å². The molecule has 0 radical (unpaired) electrons. The number of amides is 3. The summed E-state index contributed by atoms with van der Waals surface area (Å²) >= 11 is 1.54. The Balaban J connectivity index is 5.15. The van der Waals surface area contributed by atoms with Crippen LogP contribution in [0.1, 0.15) is 39.5 Å². The van der Waals surface area contributed by atoms with E-state index in [-0.39, 0.29) is 37.7 Å². The minimum Gasteiger partial charge on any atom is -0.480 e. The number of guanidine groups is 1. The monoisotopic (exact) mass is 505 g/mol. The number of hydrogen-bond donors (Lipinski definition) is 8. The van der Waals surface area contributed by atoms with Gasteiger partial charge in [0.15, 0.2) is 5.96 Å². The molecule has 11 N–H and O–H groups in total. The number of hydrogen-bond acceptors (Lipinski definition) is 8. The summed E-state index contributed by atoms with van der Waals surface area (Å²) in [5.74, 6) is -2.77. The third-order valence-corrected chi connectivity index (χ3v) is 5.33. The Hall–Kier alpha value is -2.58. The Labute approximate surface area is 204 Å². The first-order chi connectivity index (χ1) is 15.9. The van der Waals surface area contributed by atoms with Crippen molar-refractivity contribution in [2.45, 2.75) is 63.7 Å². The lowest BCUT2D eigenvalue weighted by atomic mass is 10.0. The van der Waals surface area contributed by atoms with Crippen molar-refractivity contribution in [3.8, 4) is 0 Å². The number of nitrogens with one attached hydrogen (secondary N) is 3. The van der Waals surface area contributed by atoms with E-state index in [0.717, 1.165) is 0 Å². The van der Waals surface area contributed by atoms with E-state index in [1.165, 1.54) is 0 Å². The quantitative estimate of drug-likeness (QED) is 0.0597. The van der Waals surface area contributed by atoms with E-state index in [0.29, 0.717) is 12.2 Å². The van der Waals surface area contributed by atoms with Crippen LogP contribution < -0.4 is 33.2 Å². The number of nitrogens with zero attached hydrogens (tertiary/aromatic N) is 1. The van der Waals surface area contributed by atoms with Gasteiger partial charge in [0.2, 0.25) is 17.7 Å². The molecule has 0 fully saturated rings.